The molecule has 1 unspecified atom stereocenters. The summed E-state index contributed by atoms with van der Waals surface area (Å²) in [5.74, 6) is 0. The highest BCUT2D eigenvalue weighted by Gasteiger charge is 2.38. The lowest BCUT2D eigenvalue weighted by atomic mass is 9.96. The van der Waals surface area contributed by atoms with E-state index in [1.165, 1.54) is 6.07 Å². The third-order valence-electron chi connectivity index (χ3n) is 2.52. The van der Waals surface area contributed by atoms with Gasteiger partial charge < -0.3 is 0 Å². The zero-order valence-electron chi connectivity index (χ0n) is 9.77. The zero-order valence-corrected chi connectivity index (χ0v) is 9.77. The number of nitrogens with zero attached hydrogens (tertiary/aromatic N) is 3. The van der Waals surface area contributed by atoms with Gasteiger partial charge in [-0.2, -0.15) is 13.2 Å². The first-order valence-corrected chi connectivity index (χ1v) is 5.27. The van der Waals surface area contributed by atoms with Crippen LogP contribution in [0.4, 0.5) is 22.0 Å². The Kier molecular flexibility index (Phi) is 4.72. The largest absolute Gasteiger partial charge is 0.416 e. The third kappa shape index (κ3) is 3.57. The van der Waals surface area contributed by atoms with Crippen LogP contribution in [0.25, 0.3) is 10.4 Å². The molecule has 0 heterocycles. The Morgan fingerprint density at radius 3 is 2.26 bits per heavy atom. The topological polar surface area (TPSA) is 48.8 Å². The maximum atomic E-state index is 14.0. The summed E-state index contributed by atoms with van der Waals surface area (Å²) in [6, 6.07) is 2.05. The van der Waals surface area contributed by atoms with Crippen molar-refractivity contribution in [2.75, 3.05) is 0 Å². The van der Waals surface area contributed by atoms with E-state index in [1.54, 1.807) is 0 Å². The Hall–Kier alpha value is -1.82. The lowest BCUT2D eigenvalue weighted by Crippen LogP contribution is -2.24. The highest BCUT2D eigenvalue weighted by molar-refractivity contribution is 5.32. The quantitative estimate of drug-likeness (QED) is 0.330. The minimum Gasteiger partial charge on any atom is -0.247 e. The van der Waals surface area contributed by atoms with Gasteiger partial charge in [-0.05, 0) is 24.1 Å². The van der Waals surface area contributed by atoms with Crippen molar-refractivity contribution in [1.29, 1.82) is 0 Å². The Morgan fingerprint density at radius 2 is 1.79 bits per heavy atom. The minimum absolute atomic E-state index is 0.692. The molecule has 1 aromatic carbocycles. The van der Waals surface area contributed by atoms with Crippen LogP contribution >= 0.6 is 0 Å². The van der Waals surface area contributed by atoms with E-state index < -0.39 is 35.7 Å². The highest BCUT2D eigenvalue weighted by Crippen LogP contribution is 2.38. The summed E-state index contributed by atoms with van der Waals surface area (Å²) >= 11 is 0. The van der Waals surface area contributed by atoms with Crippen LogP contribution in [-0.4, -0.2) is 12.2 Å². The van der Waals surface area contributed by atoms with Crippen LogP contribution in [-0.2, 0) is 6.18 Å². The van der Waals surface area contributed by atoms with Gasteiger partial charge in [-0.1, -0.05) is 23.3 Å². The summed E-state index contributed by atoms with van der Waals surface area (Å²) < 4.78 is 65.2. The first-order chi connectivity index (χ1) is 8.79. The van der Waals surface area contributed by atoms with E-state index in [-0.39, 0.29) is 0 Å². The molecule has 0 saturated heterocycles. The van der Waals surface area contributed by atoms with Gasteiger partial charge in [0, 0.05) is 4.91 Å². The van der Waals surface area contributed by atoms with Crippen LogP contribution in [0.1, 0.15) is 24.2 Å². The molecule has 0 aliphatic rings. The predicted molar refractivity (Wildman–Crippen MR) is 58.8 cm³/mol. The lowest BCUT2D eigenvalue weighted by Gasteiger charge is -2.21. The Labute approximate surface area is 105 Å². The summed E-state index contributed by atoms with van der Waals surface area (Å²) in [4.78, 5) is 2.26. The molecular weight excluding hydrogens is 269 g/mol. The molecule has 1 aromatic rings. The number of hydrogen-bond acceptors (Lipinski definition) is 1. The fourth-order valence-corrected chi connectivity index (χ4v) is 1.62. The van der Waals surface area contributed by atoms with Crippen LogP contribution in [0.5, 0.6) is 0 Å². The fraction of sp³-hybridized carbons (Fsp3) is 0.455. The van der Waals surface area contributed by atoms with E-state index in [0.29, 0.717) is 6.07 Å². The molecule has 19 heavy (non-hydrogen) atoms. The molecule has 0 saturated carbocycles. The maximum Gasteiger partial charge on any atom is 0.416 e. The molecule has 0 radical (unpaired) electrons. The van der Waals surface area contributed by atoms with Crippen LogP contribution in [0.2, 0.25) is 0 Å². The molecule has 104 valence electrons. The second-order valence-corrected chi connectivity index (χ2v) is 3.86. The normalized spacial score (nSPS) is 16.3. The summed E-state index contributed by atoms with van der Waals surface area (Å²) in [7, 11) is 0. The van der Waals surface area contributed by atoms with E-state index in [1.807, 2.05) is 0 Å². The number of rotatable bonds is 4. The predicted octanol–water partition coefficient (Wildman–Crippen LogP) is 4.75. The molecule has 0 aromatic heterocycles. The van der Waals surface area contributed by atoms with Gasteiger partial charge in [0.1, 0.15) is 18.4 Å². The second-order valence-electron chi connectivity index (χ2n) is 3.86. The standard InChI is InChI=1S/C11H10F5N3/c1-6(12)10(18-19-17)9(13)7-4-2-3-5-8(7)11(14,15)16/h2-6,9-10H,1H3/t6?,9-,10-/m0/s1. The van der Waals surface area contributed by atoms with Gasteiger partial charge in [0.05, 0.1) is 5.56 Å². The van der Waals surface area contributed by atoms with Crippen molar-refractivity contribution in [2.24, 2.45) is 5.11 Å². The van der Waals surface area contributed by atoms with E-state index in [0.717, 1.165) is 19.1 Å². The zero-order chi connectivity index (χ0) is 14.6. The molecule has 0 amide bonds. The van der Waals surface area contributed by atoms with Gasteiger partial charge in [-0.25, -0.2) is 8.78 Å². The molecule has 3 nitrogen and oxygen atoms in total. The number of hydrogen-bond donors (Lipinski definition) is 0. The molecule has 3 atom stereocenters. The van der Waals surface area contributed by atoms with Gasteiger partial charge in [-0.3, -0.25) is 0 Å². The molecule has 1 rings (SSSR count). The lowest BCUT2D eigenvalue weighted by molar-refractivity contribution is -0.138. The fourth-order valence-electron chi connectivity index (χ4n) is 1.62. The van der Waals surface area contributed by atoms with Crippen molar-refractivity contribution in [2.45, 2.75) is 31.5 Å². The Bertz CT molecular complexity index is 479. The smallest absolute Gasteiger partial charge is 0.247 e. The van der Waals surface area contributed by atoms with Gasteiger partial charge in [0.15, 0.2) is 0 Å². The molecule has 0 bridgehead atoms. The Morgan fingerprint density at radius 1 is 1.21 bits per heavy atom. The molecule has 0 fully saturated rings. The number of azide groups is 1. The van der Waals surface area contributed by atoms with E-state index in [2.05, 4.69) is 10.0 Å². The van der Waals surface area contributed by atoms with Gasteiger partial charge in [0.2, 0.25) is 0 Å². The van der Waals surface area contributed by atoms with Gasteiger partial charge in [0.25, 0.3) is 0 Å². The van der Waals surface area contributed by atoms with Crippen molar-refractivity contribution < 1.29 is 22.0 Å². The average molecular weight is 279 g/mol. The number of alkyl halides is 5. The van der Waals surface area contributed by atoms with Gasteiger partial charge in [-0.15, -0.1) is 0 Å². The molecule has 0 aliphatic heterocycles. The minimum atomic E-state index is -4.76. The molecule has 8 heteroatoms. The maximum absolute atomic E-state index is 14.0. The van der Waals surface area contributed by atoms with Crippen molar-refractivity contribution in [3.05, 3.63) is 45.8 Å². The van der Waals surface area contributed by atoms with Gasteiger partial charge >= 0.3 is 6.18 Å². The summed E-state index contributed by atoms with van der Waals surface area (Å²) in [6.07, 6.45) is -9.04. The van der Waals surface area contributed by atoms with Crippen molar-refractivity contribution in [3.63, 3.8) is 0 Å². The summed E-state index contributed by atoms with van der Waals surface area (Å²) in [5.41, 5.74) is 6.27. The van der Waals surface area contributed by atoms with Crippen LogP contribution in [0.15, 0.2) is 29.4 Å². The molecular formula is C11H10F5N3. The molecule has 0 aliphatic carbocycles. The van der Waals surface area contributed by atoms with Crippen molar-refractivity contribution in [1.82, 2.24) is 0 Å². The van der Waals surface area contributed by atoms with Crippen LogP contribution < -0.4 is 0 Å². The number of benzene rings is 1. The Balaban J connectivity index is 3.25. The van der Waals surface area contributed by atoms with Crippen LogP contribution in [0, 0.1) is 0 Å². The first kappa shape index (κ1) is 15.2. The van der Waals surface area contributed by atoms with Crippen molar-refractivity contribution in [3.8, 4) is 0 Å². The van der Waals surface area contributed by atoms with E-state index in [9.17, 15) is 22.0 Å². The monoisotopic (exact) mass is 279 g/mol. The summed E-state index contributed by atoms with van der Waals surface area (Å²) in [5, 5.41) is 2.89. The van der Waals surface area contributed by atoms with Crippen molar-refractivity contribution >= 4 is 0 Å². The number of halogens is 5. The first-order valence-electron chi connectivity index (χ1n) is 5.27. The molecule has 0 spiro atoms. The molecule has 0 N–H and O–H groups in total. The SMILES string of the molecule is CC(F)[C@H](N=[N+]=[N-])[C@@H](F)c1ccccc1C(F)(F)F. The highest BCUT2D eigenvalue weighted by atomic mass is 19.4. The van der Waals surface area contributed by atoms with E-state index in [4.69, 9.17) is 5.53 Å². The average Bonchev–Trinajstić information content (AvgIpc) is 2.33. The third-order valence-corrected chi connectivity index (χ3v) is 2.52. The second kappa shape index (κ2) is 5.88. The van der Waals surface area contributed by atoms with E-state index >= 15 is 0 Å². The summed E-state index contributed by atoms with van der Waals surface area (Å²) in [6.45, 7) is 0.919. The van der Waals surface area contributed by atoms with Crippen LogP contribution in [0.3, 0.4) is 0 Å².